The van der Waals surface area contributed by atoms with Crippen LogP contribution < -0.4 is 5.32 Å². The van der Waals surface area contributed by atoms with Gasteiger partial charge >= 0.3 is 5.97 Å². The molecule has 0 aromatic carbocycles. The molecule has 0 spiro atoms. The molecule has 0 saturated carbocycles. The number of hydrogen-bond acceptors (Lipinski definition) is 4. The van der Waals surface area contributed by atoms with Crippen molar-refractivity contribution >= 4 is 5.97 Å². The molecule has 0 fully saturated rings. The Balaban J connectivity index is 4.21. The summed E-state index contributed by atoms with van der Waals surface area (Å²) in [5, 5.41) is 3.19. The van der Waals surface area contributed by atoms with Crippen molar-refractivity contribution in [1.82, 2.24) is 10.2 Å². The third kappa shape index (κ3) is 8.22. The molecule has 19 heavy (non-hydrogen) atoms. The van der Waals surface area contributed by atoms with Gasteiger partial charge in [0.15, 0.2) is 0 Å². The monoisotopic (exact) mass is 272 g/mol. The van der Waals surface area contributed by atoms with E-state index in [2.05, 4.69) is 31.0 Å². The summed E-state index contributed by atoms with van der Waals surface area (Å²) in [4.78, 5) is 14.1. The fourth-order valence-corrected chi connectivity index (χ4v) is 2.18. The lowest BCUT2D eigenvalue weighted by Gasteiger charge is -2.28. The summed E-state index contributed by atoms with van der Waals surface area (Å²) in [6, 6.07) is 0.346. The number of likely N-dealkylation sites (N-methyl/N-ethyl adjacent to an activating group) is 1. The molecule has 1 N–H and O–H groups in total. The molecule has 4 nitrogen and oxygen atoms in total. The molecule has 0 radical (unpaired) electrons. The number of carbonyl (C=O) groups excluding carboxylic acids is 1. The van der Waals surface area contributed by atoms with E-state index in [1.807, 2.05) is 6.92 Å². The Hall–Kier alpha value is -0.610. The molecule has 0 heterocycles. The zero-order chi connectivity index (χ0) is 14.7. The Morgan fingerprint density at radius 2 is 1.89 bits per heavy atom. The number of rotatable bonds is 11. The van der Waals surface area contributed by atoms with E-state index in [9.17, 15) is 4.79 Å². The topological polar surface area (TPSA) is 41.6 Å². The molecule has 0 rings (SSSR count). The lowest BCUT2D eigenvalue weighted by atomic mass is 10.1. The SMILES string of the molecule is CCCCCN(CCC(NCC)C(=O)OC)C(C)C. The van der Waals surface area contributed by atoms with Crippen molar-refractivity contribution in [2.75, 3.05) is 26.7 Å². The highest BCUT2D eigenvalue weighted by Crippen LogP contribution is 2.06. The minimum absolute atomic E-state index is 0.154. The Kier molecular flexibility index (Phi) is 10.9. The maximum Gasteiger partial charge on any atom is 0.322 e. The van der Waals surface area contributed by atoms with E-state index in [0.717, 1.165) is 26.1 Å². The fourth-order valence-electron chi connectivity index (χ4n) is 2.18. The largest absolute Gasteiger partial charge is 0.468 e. The van der Waals surface area contributed by atoms with Crippen molar-refractivity contribution < 1.29 is 9.53 Å². The third-order valence-corrected chi connectivity index (χ3v) is 3.42. The molecule has 0 bridgehead atoms. The molecule has 0 aliphatic heterocycles. The number of esters is 1. The first-order chi connectivity index (χ1) is 9.06. The fraction of sp³-hybridized carbons (Fsp3) is 0.933. The highest BCUT2D eigenvalue weighted by molar-refractivity contribution is 5.75. The van der Waals surface area contributed by atoms with Crippen LogP contribution in [0.5, 0.6) is 0 Å². The van der Waals surface area contributed by atoms with Crippen LogP contribution in [0.4, 0.5) is 0 Å². The van der Waals surface area contributed by atoms with Gasteiger partial charge in [-0.15, -0.1) is 0 Å². The Morgan fingerprint density at radius 1 is 1.21 bits per heavy atom. The second-order valence-electron chi connectivity index (χ2n) is 5.26. The minimum Gasteiger partial charge on any atom is -0.468 e. The summed E-state index contributed by atoms with van der Waals surface area (Å²) in [6.07, 6.45) is 4.56. The van der Waals surface area contributed by atoms with Crippen molar-refractivity contribution in [3.05, 3.63) is 0 Å². The van der Waals surface area contributed by atoms with Crippen LogP contribution in [0.25, 0.3) is 0 Å². The number of hydrogen-bond donors (Lipinski definition) is 1. The van der Waals surface area contributed by atoms with Gasteiger partial charge in [-0.2, -0.15) is 0 Å². The molecular weight excluding hydrogens is 240 g/mol. The van der Waals surface area contributed by atoms with Gasteiger partial charge in [0, 0.05) is 12.6 Å². The molecule has 4 heteroatoms. The van der Waals surface area contributed by atoms with Crippen LogP contribution in [0.3, 0.4) is 0 Å². The normalized spacial score (nSPS) is 13.0. The van der Waals surface area contributed by atoms with Gasteiger partial charge in [0.2, 0.25) is 0 Å². The van der Waals surface area contributed by atoms with E-state index in [1.54, 1.807) is 0 Å². The van der Waals surface area contributed by atoms with Crippen LogP contribution in [-0.4, -0.2) is 49.7 Å². The number of nitrogens with zero attached hydrogens (tertiary/aromatic N) is 1. The number of methoxy groups -OCH3 is 1. The second-order valence-corrected chi connectivity index (χ2v) is 5.26. The summed E-state index contributed by atoms with van der Waals surface area (Å²) in [5.41, 5.74) is 0. The minimum atomic E-state index is -0.178. The molecule has 114 valence electrons. The van der Waals surface area contributed by atoms with Gasteiger partial charge in [-0.3, -0.25) is 4.79 Å². The van der Waals surface area contributed by atoms with Crippen LogP contribution in [0, 0.1) is 0 Å². The van der Waals surface area contributed by atoms with Gasteiger partial charge in [-0.25, -0.2) is 0 Å². The Bertz CT molecular complexity index is 232. The maximum absolute atomic E-state index is 11.6. The molecule has 0 aromatic rings. The third-order valence-electron chi connectivity index (χ3n) is 3.42. The molecule has 0 amide bonds. The number of nitrogens with one attached hydrogen (secondary N) is 1. The van der Waals surface area contributed by atoms with Crippen molar-refractivity contribution in [2.24, 2.45) is 0 Å². The van der Waals surface area contributed by atoms with Gasteiger partial charge < -0.3 is 15.0 Å². The zero-order valence-electron chi connectivity index (χ0n) is 13.4. The van der Waals surface area contributed by atoms with Crippen molar-refractivity contribution in [2.45, 2.75) is 65.5 Å². The van der Waals surface area contributed by atoms with Crippen LogP contribution in [0.15, 0.2) is 0 Å². The summed E-state index contributed by atoms with van der Waals surface area (Å²) in [6.45, 7) is 11.5. The predicted molar refractivity (Wildman–Crippen MR) is 80.3 cm³/mol. The lowest BCUT2D eigenvalue weighted by molar-refractivity contribution is -0.143. The zero-order valence-corrected chi connectivity index (χ0v) is 13.4. The summed E-state index contributed by atoms with van der Waals surface area (Å²) >= 11 is 0. The van der Waals surface area contributed by atoms with Gasteiger partial charge in [-0.1, -0.05) is 26.7 Å². The lowest BCUT2D eigenvalue weighted by Crippen LogP contribution is -2.42. The van der Waals surface area contributed by atoms with E-state index in [4.69, 9.17) is 4.74 Å². The average Bonchev–Trinajstić information content (AvgIpc) is 2.39. The van der Waals surface area contributed by atoms with E-state index in [0.29, 0.717) is 6.04 Å². The first-order valence-corrected chi connectivity index (χ1v) is 7.62. The van der Waals surface area contributed by atoms with E-state index in [-0.39, 0.29) is 12.0 Å². The Labute approximate surface area is 118 Å². The summed E-state index contributed by atoms with van der Waals surface area (Å²) < 4.78 is 4.84. The molecule has 0 saturated heterocycles. The van der Waals surface area contributed by atoms with Crippen LogP contribution in [-0.2, 0) is 9.53 Å². The molecule has 0 aliphatic carbocycles. The quantitative estimate of drug-likeness (QED) is 0.463. The highest BCUT2D eigenvalue weighted by atomic mass is 16.5. The van der Waals surface area contributed by atoms with Crippen molar-refractivity contribution in [3.63, 3.8) is 0 Å². The second kappa shape index (κ2) is 11.2. The van der Waals surface area contributed by atoms with Crippen molar-refractivity contribution in [1.29, 1.82) is 0 Å². The molecular formula is C15H32N2O2. The van der Waals surface area contributed by atoms with Gasteiger partial charge in [0.05, 0.1) is 7.11 Å². The van der Waals surface area contributed by atoms with Crippen molar-refractivity contribution in [3.8, 4) is 0 Å². The first-order valence-electron chi connectivity index (χ1n) is 7.62. The van der Waals surface area contributed by atoms with Gasteiger partial charge in [-0.05, 0) is 39.8 Å². The predicted octanol–water partition coefficient (Wildman–Crippen LogP) is 2.43. The number of ether oxygens (including phenoxy) is 1. The molecule has 1 atom stereocenters. The molecule has 0 aromatic heterocycles. The van der Waals surface area contributed by atoms with Crippen LogP contribution in [0.1, 0.15) is 53.4 Å². The number of carbonyl (C=O) groups is 1. The standard InChI is InChI=1S/C15H32N2O2/c1-6-8-9-11-17(13(3)4)12-10-14(16-7-2)15(18)19-5/h13-14,16H,6-12H2,1-5H3. The van der Waals surface area contributed by atoms with Crippen LogP contribution in [0.2, 0.25) is 0 Å². The first kappa shape index (κ1) is 18.4. The van der Waals surface area contributed by atoms with E-state index < -0.39 is 0 Å². The number of unbranched alkanes of at least 4 members (excludes halogenated alkanes) is 2. The summed E-state index contributed by atoms with van der Waals surface area (Å²) in [7, 11) is 1.45. The Morgan fingerprint density at radius 3 is 2.37 bits per heavy atom. The average molecular weight is 272 g/mol. The molecule has 0 aliphatic rings. The maximum atomic E-state index is 11.6. The molecule has 1 unspecified atom stereocenters. The van der Waals surface area contributed by atoms with Crippen LogP contribution >= 0.6 is 0 Å². The van der Waals surface area contributed by atoms with E-state index >= 15 is 0 Å². The highest BCUT2D eigenvalue weighted by Gasteiger charge is 2.19. The van der Waals surface area contributed by atoms with E-state index in [1.165, 1.54) is 26.4 Å². The van der Waals surface area contributed by atoms with Gasteiger partial charge in [0.1, 0.15) is 6.04 Å². The van der Waals surface area contributed by atoms with Gasteiger partial charge in [0.25, 0.3) is 0 Å². The smallest absolute Gasteiger partial charge is 0.322 e. The summed E-state index contributed by atoms with van der Waals surface area (Å²) in [5.74, 6) is -0.154.